The zero-order valence-electron chi connectivity index (χ0n) is 16.6. The lowest BCUT2D eigenvalue weighted by Crippen LogP contribution is -2.32. The van der Waals surface area contributed by atoms with Crippen LogP contribution in [0.15, 0.2) is 67.1 Å². The standard InChI is InChI=1S/C24H23N5O/c25-23-10-8-17(14-28-23)16-7-9-21(27-13-16)22-6-3-11-29(22)24(30)12-18-15-26-20-5-2-1-4-19(18)20/h1-2,4-5,7-10,13-15,22,26H,3,6,11-12H2,(H2,25,28). The lowest BCUT2D eigenvalue weighted by Gasteiger charge is -2.24. The Hall–Kier alpha value is -3.67. The van der Waals surface area contributed by atoms with E-state index in [0.29, 0.717) is 12.2 Å². The number of likely N-dealkylation sites (tertiary alicyclic amines) is 1. The predicted molar refractivity (Wildman–Crippen MR) is 118 cm³/mol. The van der Waals surface area contributed by atoms with E-state index in [1.165, 1.54) is 0 Å². The quantitative estimate of drug-likeness (QED) is 0.542. The van der Waals surface area contributed by atoms with E-state index in [0.717, 1.165) is 52.7 Å². The fourth-order valence-electron chi connectivity index (χ4n) is 4.26. The fourth-order valence-corrected chi connectivity index (χ4v) is 4.26. The normalized spacial score (nSPS) is 16.3. The minimum Gasteiger partial charge on any atom is -0.384 e. The molecule has 1 aliphatic heterocycles. The van der Waals surface area contributed by atoms with E-state index in [-0.39, 0.29) is 11.9 Å². The zero-order valence-corrected chi connectivity index (χ0v) is 16.6. The molecule has 1 fully saturated rings. The van der Waals surface area contributed by atoms with Gasteiger partial charge in [0.25, 0.3) is 0 Å². The molecule has 0 aliphatic carbocycles. The highest BCUT2D eigenvalue weighted by molar-refractivity contribution is 5.89. The molecule has 0 radical (unpaired) electrons. The molecular formula is C24H23N5O. The highest BCUT2D eigenvalue weighted by Crippen LogP contribution is 2.32. The summed E-state index contributed by atoms with van der Waals surface area (Å²) in [5, 5.41) is 1.11. The van der Waals surface area contributed by atoms with Crippen molar-refractivity contribution in [2.45, 2.75) is 25.3 Å². The second-order valence-electron chi connectivity index (χ2n) is 7.72. The van der Waals surface area contributed by atoms with Crippen molar-refractivity contribution in [3.63, 3.8) is 0 Å². The molecule has 3 N–H and O–H groups in total. The molecule has 6 nitrogen and oxygen atoms in total. The fraction of sp³-hybridized carbons (Fsp3) is 0.208. The monoisotopic (exact) mass is 397 g/mol. The number of aromatic nitrogens is 3. The Kier molecular flexibility index (Phi) is 4.67. The molecule has 6 heteroatoms. The third kappa shape index (κ3) is 3.41. The molecule has 5 rings (SSSR count). The van der Waals surface area contributed by atoms with E-state index in [2.05, 4.69) is 21.0 Å². The molecular weight excluding hydrogens is 374 g/mol. The summed E-state index contributed by atoms with van der Waals surface area (Å²) < 4.78 is 0. The summed E-state index contributed by atoms with van der Waals surface area (Å²) in [6.45, 7) is 0.775. The lowest BCUT2D eigenvalue weighted by molar-refractivity contribution is -0.131. The minimum absolute atomic E-state index is 0.0290. The van der Waals surface area contributed by atoms with Crippen LogP contribution < -0.4 is 5.73 Å². The number of carbonyl (C=O) groups is 1. The van der Waals surface area contributed by atoms with E-state index >= 15 is 0 Å². The smallest absolute Gasteiger partial charge is 0.227 e. The second kappa shape index (κ2) is 7.63. The number of hydrogen-bond acceptors (Lipinski definition) is 4. The third-order valence-electron chi connectivity index (χ3n) is 5.84. The number of rotatable bonds is 4. The summed E-state index contributed by atoms with van der Waals surface area (Å²) in [6, 6.07) is 15.9. The number of nitrogen functional groups attached to an aromatic ring is 1. The maximum atomic E-state index is 13.1. The average molecular weight is 397 g/mol. The topological polar surface area (TPSA) is 87.9 Å². The van der Waals surface area contributed by atoms with Crippen molar-refractivity contribution in [3.8, 4) is 11.1 Å². The number of amides is 1. The molecule has 30 heavy (non-hydrogen) atoms. The van der Waals surface area contributed by atoms with Crippen LogP contribution in [0.1, 0.15) is 30.1 Å². The molecule has 0 bridgehead atoms. The van der Waals surface area contributed by atoms with Crippen molar-refractivity contribution in [1.29, 1.82) is 0 Å². The van der Waals surface area contributed by atoms with Crippen molar-refractivity contribution in [2.75, 3.05) is 12.3 Å². The van der Waals surface area contributed by atoms with Crippen LogP contribution in [0.25, 0.3) is 22.0 Å². The molecule has 1 aromatic carbocycles. The molecule has 1 atom stereocenters. The van der Waals surface area contributed by atoms with Gasteiger partial charge in [-0.25, -0.2) is 4.98 Å². The number of H-pyrrole nitrogens is 1. The van der Waals surface area contributed by atoms with E-state index in [1.807, 2.05) is 53.7 Å². The number of fused-ring (bicyclic) bond motifs is 1. The first-order chi connectivity index (χ1) is 14.7. The van der Waals surface area contributed by atoms with Crippen molar-refractivity contribution in [1.82, 2.24) is 19.9 Å². The van der Waals surface area contributed by atoms with Gasteiger partial charge < -0.3 is 15.6 Å². The minimum atomic E-state index is 0.0290. The average Bonchev–Trinajstić information content (AvgIpc) is 3.42. The number of pyridine rings is 2. The van der Waals surface area contributed by atoms with Crippen molar-refractivity contribution < 1.29 is 4.79 Å². The first-order valence-corrected chi connectivity index (χ1v) is 10.2. The van der Waals surface area contributed by atoms with E-state index < -0.39 is 0 Å². The number of benzene rings is 1. The Bertz CT molecular complexity index is 1180. The summed E-state index contributed by atoms with van der Waals surface area (Å²) in [4.78, 5) is 27.2. The SMILES string of the molecule is Nc1ccc(-c2ccc(C3CCCN3C(=O)Cc3c[nH]c4ccccc34)nc2)cn1. The molecule has 150 valence electrons. The summed E-state index contributed by atoms with van der Waals surface area (Å²) in [6.07, 6.45) is 7.88. The van der Waals surface area contributed by atoms with Gasteiger partial charge in [0.2, 0.25) is 5.91 Å². The number of carbonyl (C=O) groups excluding carboxylic acids is 1. The van der Waals surface area contributed by atoms with Gasteiger partial charge in [0.1, 0.15) is 5.82 Å². The summed E-state index contributed by atoms with van der Waals surface area (Å²) in [7, 11) is 0. The van der Waals surface area contributed by atoms with Crippen LogP contribution in [0, 0.1) is 0 Å². The first kappa shape index (κ1) is 18.4. The molecule has 3 aromatic heterocycles. The zero-order chi connectivity index (χ0) is 20.5. The predicted octanol–water partition coefficient (Wildman–Crippen LogP) is 4.11. The van der Waals surface area contributed by atoms with Crippen LogP contribution in [0.5, 0.6) is 0 Å². The maximum absolute atomic E-state index is 13.1. The molecule has 1 saturated heterocycles. The lowest BCUT2D eigenvalue weighted by atomic mass is 10.1. The molecule has 1 aliphatic rings. The number of hydrogen-bond donors (Lipinski definition) is 2. The van der Waals surface area contributed by atoms with Gasteiger partial charge in [-0.05, 0) is 42.7 Å². The Morgan fingerprint density at radius 3 is 2.63 bits per heavy atom. The van der Waals surface area contributed by atoms with Crippen LogP contribution >= 0.6 is 0 Å². The van der Waals surface area contributed by atoms with Gasteiger partial charge in [-0.2, -0.15) is 0 Å². The van der Waals surface area contributed by atoms with Gasteiger partial charge in [0, 0.05) is 47.2 Å². The van der Waals surface area contributed by atoms with Gasteiger partial charge >= 0.3 is 0 Å². The van der Waals surface area contributed by atoms with Crippen LogP contribution in [0.4, 0.5) is 5.82 Å². The Labute approximate surface area is 174 Å². The summed E-state index contributed by atoms with van der Waals surface area (Å²) in [5.74, 6) is 0.648. The molecule has 0 spiro atoms. The van der Waals surface area contributed by atoms with E-state index in [4.69, 9.17) is 5.73 Å². The molecule has 1 unspecified atom stereocenters. The van der Waals surface area contributed by atoms with E-state index in [1.54, 1.807) is 12.3 Å². The number of nitrogens with one attached hydrogen (secondary N) is 1. The van der Waals surface area contributed by atoms with Crippen molar-refractivity contribution in [3.05, 3.63) is 78.4 Å². The molecule has 0 saturated carbocycles. The maximum Gasteiger partial charge on any atom is 0.227 e. The summed E-state index contributed by atoms with van der Waals surface area (Å²) >= 11 is 0. The van der Waals surface area contributed by atoms with Crippen molar-refractivity contribution >= 4 is 22.6 Å². The number of nitrogens with two attached hydrogens (primary N) is 1. The van der Waals surface area contributed by atoms with Crippen LogP contribution in [-0.4, -0.2) is 32.3 Å². The Balaban J connectivity index is 1.34. The number of anilines is 1. The molecule has 4 heterocycles. The van der Waals surface area contributed by atoms with Gasteiger partial charge in [-0.1, -0.05) is 24.3 Å². The van der Waals surface area contributed by atoms with Crippen LogP contribution in [0.2, 0.25) is 0 Å². The highest BCUT2D eigenvalue weighted by atomic mass is 16.2. The van der Waals surface area contributed by atoms with Gasteiger partial charge in [-0.15, -0.1) is 0 Å². The molecule has 1 amide bonds. The summed E-state index contributed by atoms with van der Waals surface area (Å²) in [5.41, 5.74) is 10.7. The second-order valence-corrected chi connectivity index (χ2v) is 7.72. The highest BCUT2D eigenvalue weighted by Gasteiger charge is 2.31. The van der Waals surface area contributed by atoms with Gasteiger partial charge in [0.15, 0.2) is 0 Å². The van der Waals surface area contributed by atoms with Gasteiger partial charge in [0.05, 0.1) is 18.2 Å². The first-order valence-electron chi connectivity index (χ1n) is 10.2. The Morgan fingerprint density at radius 1 is 1.07 bits per heavy atom. The largest absolute Gasteiger partial charge is 0.384 e. The third-order valence-corrected chi connectivity index (χ3v) is 5.84. The van der Waals surface area contributed by atoms with Crippen molar-refractivity contribution in [2.24, 2.45) is 0 Å². The number of nitrogens with zero attached hydrogens (tertiary/aromatic N) is 3. The van der Waals surface area contributed by atoms with Crippen LogP contribution in [0.3, 0.4) is 0 Å². The number of aromatic amines is 1. The van der Waals surface area contributed by atoms with Gasteiger partial charge in [-0.3, -0.25) is 9.78 Å². The Morgan fingerprint density at radius 2 is 1.87 bits per heavy atom. The number of para-hydroxylation sites is 1. The molecule has 4 aromatic rings. The van der Waals surface area contributed by atoms with Crippen LogP contribution in [-0.2, 0) is 11.2 Å². The van der Waals surface area contributed by atoms with E-state index in [9.17, 15) is 4.79 Å².